The molecule has 1 amide bonds. The molecule has 2 fully saturated rings. The lowest BCUT2D eigenvalue weighted by molar-refractivity contribution is -0.0535. The summed E-state index contributed by atoms with van der Waals surface area (Å²) in [5.74, 6) is 0.0221. The molecule has 8 heteroatoms. The first-order chi connectivity index (χ1) is 13.5. The van der Waals surface area contributed by atoms with Gasteiger partial charge in [-0.3, -0.25) is 9.78 Å². The summed E-state index contributed by atoms with van der Waals surface area (Å²) in [5.41, 5.74) is 2.03. The van der Waals surface area contributed by atoms with Gasteiger partial charge in [0.15, 0.2) is 0 Å². The number of hydrogen-bond donors (Lipinski definition) is 1. The molecule has 7 nitrogen and oxygen atoms in total. The number of carbonyl (C=O) groups excluding carboxylic acids is 1. The maximum absolute atomic E-state index is 13.1. The Bertz CT molecular complexity index is 1040. The molecule has 0 aliphatic carbocycles. The second-order valence-electron chi connectivity index (χ2n) is 8.22. The van der Waals surface area contributed by atoms with E-state index in [9.17, 15) is 9.90 Å². The number of hydrogen-bond acceptors (Lipinski definition) is 6. The van der Waals surface area contributed by atoms with Gasteiger partial charge in [-0.25, -0.2) is 0 Å². The Morgan fingerprint density at radius 2 is 2.07 bits per heavy atom. The predicted molar refractivity (Wildman–Crippen MR) is 106 cm³/mol. The largest absolute Gasteiger partial charge is 0.388 e. The third-order valence-corrected chi connectivity index (χ3v) is 7.11. The molecule has 28 heavy (non-hydrogen) atoms. The van der Waals surface area contributed by atoms with Crippen molar-refractivity contribution in [2.45, 2.75) is 63.8 Å². The number of nitrogens with zero attached hydrogens (tertiary/aromatic N) is 5. The van der Waals surface area contributed by atoms with Crippen molar-refractivity contribution in [3.63, 3.8) is 0 Å². The third-order valence-electron chi connectivity index (χ3n) is 6.30. The number of pyridine rings is 1. The Hall–Kier alpha value is -2.32. The van der Waals surface area contributed by atoms with Crippen LogP contribution in [0.2, 0.25) is 0 Å². The fourth-order valence-corrected chi connectivity index (χ4v) is 5.67. The number of aliphatic hydroxyl groups is 1. The van der Waals surface area contributed by atoms with Crippen LogP contribution in [0.1, 0.15) is 46.7 Å². The van der Waals surface area contributed by atoms with Gasteiger partial charge < -0.3 is 14.6 Å². The van der Waals surface area contributed by atoms with Gasteiger partial charge in [-0.15, -0.1) is 5.10 Å². The molecule has 2 aliphatic heterocycles. The maximum Gasteiger partial charge on any atom is 0.268 e. The molecule has 5 rings (SSSR count). The van der Waals surface area contributed by atoms with Crippen LogP contribution in [0.25, 0.3) is 10.9 Å². The average molecular weight is 398 g/mol. The van der Waals surface area contributed by atoms with E-state index in [-0.39, 0.29) is 18.0 Å². The molecular weight excluding hydrogens is 374 g/mol. The van der Waals surface area contributed by atoms with Crippen LogP contribution in [0.5, 0.6) is 0 Å². The number of rotatable bonds is 3. The molecule has 0 spiro atoms. The molecule has 3 aromatic heterocycles. The van der Waals surface area contributed by atoms with E-state index in [1.54, 1.807) is 6.20 Å². The number of carbonyl (C=O) groups is 1. The Morgan fingerprint density at radius 3 is 2.75 bits per heavy atom. The highest BCUT2D eigenvalue weighted by atomic mass is 32.1. The van der Waals surface area contributed by atoms with Crippen molar-refractivity contribution in [3.05, 3.63) is 40.8 Å². The van der Waals surface area contributed by atoms with Gasteiger partial charge in [0, 0.05) is 29.4 Å². The van der Waals surface area contributed by atoms with Gasteiger partial charge in [-0.05, 0) is 63.2 Å². The van der Waals surface area contributed by atoms with Crippen LogP contribution in [0.4, 0.5) is 0 Å². The second kappa shape index (κ2) is 6.35. The molecular formula is C20H23N5O2S. The quantitative estimate of drug-likeness (QED) is 0.735. The molecule has 0 aromatic carbocycles. The van der Waals surface area contributed by atoms with Gasteiger partial charge >= 0.3 is 0 Å². The number of piperidine rings is 1. The summed E-state index contributed by atoms with van der Waals surface area (Å²) in [6, 6.07) is 4.27. The molecule has 2 aliphatic rings. The number of aryl methyl sites for hydroxylation is 2. The van der Waals surface area contributed by atoms with Crippen molar-refractivity contribution in [2.75, 3.05) is 0 Å². The first kappa shape index (κ1) is 17.8. The zero-order valence-electron chi connectivity index (χ0n) is 16.0. The molecule has 2 saturated heterocycles. The molecule has 2 unspecified atom stereocenters. The van der Waals surface area contributed by atoms with E-state index in [0.29, 0.717) is 30.0 Å². The third kappa shape index (κ3) is 2.74. The number of amides is 1. The predicted octanol–water partition coefficient (Wildman–Crippen LogP) is 2.70. The van der Waals surface area contributed by atoms with Crippen LogP contribution >= 0.6 is 11.5 Å². The fraction of sp³-hybridized carbons (Fsp3) is 0.500. The molecule has 146 valence electrons. The Labute approximate surface area is 167 Å². The second-order valence-corrected chi connectivity index (χ2v) is 8.98. The van der Waals surface area contributed by atoms with Gasteiger partial charge in [-0.1, -0.05) is 4.49 Å². The summed E-state index contributed by atoms with van der Waals surface area (Å²) in [6.45, 7) is 4.42. The van der Waals surface area contributed by atoms with E-state index in [1.165, 1.54) is 0 Å². The highest BCUT2D eigenvalue weighted by molar-refractivity contribution is 7.07. The molecule has 3 aromatic rings. The number of fused-ring (bicyclic) bond motifs is 3. The van der Waals surface area contributed by atoms with Crippen LogP contribution in [-0.4, -0.2) is 52.7 Å². The Morgan fingerprint density at radius 1 is 1.32 bits per heavy atom. The minimum atomic E-state index is -0.823. The highest BCUT2D eigenvalue weighted by Crippen LogP contribution is 2.43. The first-order valence-electron chi connectivity index (χ1n) is 9.69. The lowest BCUT2D eigenvalue weighted by Gasteiger charge is -2.44. The topological polar surface area (TPSA) is 84.1 Å². The van der Waals surface area contributed by atoms with Crippen LogP contribution in [0.15, 0.2) is 24.5 Å². The van der Waals surface area contributed by atoms with Crippen molar-refractivity contribution < 1.29 is 9.90 Å². The maximum atomic E-state index is 13.1. The average Bonchev–Trinajstić information content (AvgIpc) is 3.30. The summed E-state index contributed by atoms with van der Waals surface area (Å²) >= 11 is 1.16. The van der Waals surface area contributed by atoms with Crippen LogP contribution < -0.4 is 0 Å². The Kier molecular flexibility index (Phi) is 4.03. The highest BCUT2D eigenvalue weighted by Gasteiger charge is 2.50. The lowest BCUT2D eigenvalue weighted by Crippen LogP contribution is -2.54. The number of aromatic nitrogens is 4. The molecule has 2 bridgehead atoms. The van der Waals surface area contributed by atoms with Gasteiger partial charge in [-0.2, -0.15) is 0 Å². The van der Waals surface area contributed by atoms with Crippen molar-refractivity contribution in [1.82, 2.24) is 24.0 Å². The van der Waals surface area contributed by atoms with Gasteiger partial charge in [0.1, 0.15) is 4.88 Å². The molecule has 0 radical (unpaired) electrons. The first-order valence-corrected chi connectivity index (χ1v) is 10.5. The fourth-order valence-electron chi connectivity index (χ4n) is 5.07. The normalized spacial score (nSPS) is 26.9. The SMILES string of the molecule is Cc1nnsc1C(=O)N1C2CCC1CC(O)(Cn1c(C)cc3ccncc31)C2. The summed E-state index contributed by atoms with van der Waals surface area (Å²) in [7, 11) is 0. The van der Waals surface area contributed by atoms with E-state index >= 15 is 0 Å². The Balaban J connectivity index is 1.41. The standard InChI is InChI=1S/C20H23N5O2S/c1-12-7-14-5-6-21-10-17(14)24(12)11-20(27)8-15-3-4-16(9-20)25(15)19(26)18-13(2)22-23-28-18/h5-7,10,15-16,27H,3-4,8-9,11H2,1-2H3. The van der Waals surface area contributed by atoms with Gasteiger partial charge in [0.25, 0.3) is 5.91 Å². The van der Waals surface area contributed by atoms with Crippen molar-refractivity contribution in [3.8, 4) is 0 Å². The summed E-state index contributed by atoms with van der Waals surface area (Å²) in [4.78, 5) is 19.9. The summed E-state index contributed by atoms with van der Waals surface area (Å²) in [5, 5.41) is 16.6. The summed E-state index contributed by atoms with van der Waals surface area (Å²) in [6.07, 6.45) is 6.73. The van der Waals surface area contributed by atoms with E-state index in [1.807, 2.05) is 24.1 Å². The zero-order valence-corrected chi connectivity index (χ0v) is 16.8. The van der Waals surface area contributed by atoms with Crippen molar-refractivity contribution in [2.24, 2.45) is 0 Å². The molecule has 5 heterocycles. The zero-order chi connectivity index (χ0) is 19.5. The van der Waals surface area contributed by atoms with Crippen LogP contribution in [0, 0.1) is 13.8 Å². The smallest absolute Gasteiger partial charge is 0.268 e. The van der Waals surface area contributed by atoms with E-state index < -0.39 is 5.60 Å². The van der Waals surface area contributed by atoms with Crippen LogP contribution in [-0.2, 0) is 6.54 Å². The minimum Gasteiger partial charge on any atom is -0.388 e. The van der Waals surface area contributed by atoms with Gasteiger partial charge in [0.05, 0.1) is 29.6 Å². The monoisotopic (exact) mass is 397 g/mol. The molecule has 1 N–H and O–H groups in total. The molecule has 2 atom stereocenters. The summed E-state index contributed by atoms with van der Waals surface area (Å²) < 4.78 is 6.07. The van der Waals surface area contributed by atoms with E-state index in [4.69, 9.17) is 0 Å². The van der Waals surface area contributed by atoms with Gasteiger partial charge in [0.2, 0.25) is 0 Å². The van der Waals surface area contributed by atoms with E-state index in [0.717, 1.165) is 41.0 Å². The van der Waals surface area contributed by atoms with E-state index in [2.05, 4.69) is 32.1 Å². The van der Waals surface area contributed by atoms with Crippen molar-refractivity contribution >= 4 is 28.3 Å². The minimum absolute atomic E-state index is 0.0221. The lowest BCUT2D eigenvalue weighted by atomic mass is 9.85. The van der Waals surface area contributed by atoms with Crippen molar-refractivity contribution in [1.29, 1.82) is 0 Å². The molecule has 0 saturated carbocycles. The van der Waals surface area contributed by atoms with Crippen LogP contribution in [0.3, 0.4) is 0 Å².